The number of rotatable bonds is 10. The van der Waals surface area contributed by atoms with E-state index < -0.39 is 45.2 Å². The number of aromatic nitrogens is 2. The number of benzene rings is 3. The van der Waals surface area contributed by atoms with Gasteiger partial charge in [0.15, 0.2) is 0 Å². The van der Waals surface area contributed by atoms with E-state index in [0.29, 0.717) is 16.7 Å². The number of aryl methyl sites for hydroxylation is 2. The van der Waals surface area contributed by atoms with E-state index in [0.717, 1.165) is 5.56 Å². The molecule has 5 rings (SSSR count). The fourth-order valence-electron chi connectivity index (χ4n) is 5.90. The largest absolute Gasteiger partial charge is 0.480 e. The van der Waals surface area contributed by atoms with Crippen molar-refractivity contribution in [3.05, 3.63) is 123 Å². The first-order chi connectivity index (χ1) is 22.9. The van der Waals surface area contributed by atoms with Crippen LogP contribution >= 0.6 is 0 Å². The minimum absolute atomic E-state index is 0.117. The summed E-state index contributed by atoms with van der Waals surface area (Å²) in [6.07, 6.45) is 1.41. The van der Waals surface area contributed by atoms with Crippen molar-refractivity contribution in [1.82, 2.24) is 24.9 Å². The number of carboxylic acid groups (broad SMARTS) is 1. The van der Waals surface area contributed by atoms with Gasteiger partial charge >= 0.3 is 17.7 Å². The van der Waals surface area contributed by atoms with Crippen LogP contribution in [0.5, 0.6) is 0 Å². The van der Waals surface area contributed by atoms with Crippen molar-refractivity contribution in [3.63, 3.8) is 0 Å². The summed E-state index contributed by atoms with van der Waals surface area (Å²) in [6, 6.07) is 20.4. The zero-order chi connectivity index (χ0) is 34.5. The molecule has 2 heterocycles. The maximum atomic E-state index is 13.4. The number of hydrogen-bond acceptors (Lipinski definition) is 7. The third-order valence-electron chi connectivity index (χ3n) is 8.46. The lowest BCUT2D eigenvalue weighted by molar-refractivity contribution is -0.139. The predicted octanol–water partition coefficient (Wildman–Crippen LogP) is 3.31. The number of piperidine rings is 1. The van der Waals surface area contributed by atoms with Crippen LogP contribution in [0.4, 0.5) is 10.6 Å². The Balaban J connectivity index is 1.31. The lowest BCUT2D eigenvalue weighted by atomic mass is 9.82. The number of urea groups is 1. The average molecular weight is 673 g/mol. The molecule has 3 amide bonds. The van der Waals surface area contributed by atoms with E-state index in [1.54, 1.807) is 44.2 Å². The van der Waals surface area contributed by atoms with Crippen LogP contribution in [-0.4, -0.2) is 65.4 Å². The third kappa shape index (κ3) is 7.61. The quantitative estimate of drug-likeness (QED) is 0.170. The second-order valence-corrected chi connectivity index (χ2v) is 13.4. The number of aromatic amines is 1. The molecule has 1 unspecified atom stereocenters. The molecule has 1 aromatic heterocycles. The molecule has 1 aliphatic rings. The first-order valence-electron chi connectivity index (χ1n) is 15.3. The van der Waals surface area contributed by atoms with Gasteiger partial charge in [-0.25, -0.2) is 27.5 Å². The summed E-state index contributed by atoms with van der Waals surface area (Å²) in [5.74, 6) is -1.98. The van der Waals surface area contributed by atoms with Crippen molar-refractivity contribution in [2.75, 3.05) is 18.4 Å². The lowest BCUT2D eigenvalue weighted by Crippen LogP contribution is -2.57. The number of sulfonamides is 1. The molecular formula is C34H36N6O7S. The average Bonchev–Trinajstić information content (AvgIpc) is 3.06. The summed E-state index contributed by atoms with van der Waals surface area (Å²) in [4.78, 5) is 58.8. The molecule has 0 aliphatic carbocycles. The molecule has 1 aliphatic heterocycles. The van der Waals surface area contributed by atoms with E-state index in [1.807, 2.05) is 36.4 Å². The fourth-order valence-corrected chi connectivity index (χ4v) is 7.37. The zero-order valence-corrected chi connectivity index (χ0v) is 27.2. The van der Waals surface area contributed by atoms with Crippen molar-refractivity contribution in [3.8, 4) is 0 Å². The van der Waals surface area contributed by atoms with E-state index >= 15 is 0 Å². The van der Waals surface area contributed by atoms with E-state index in [2.05, 4.69) is 25.3 Å². The lowest BCUT2D eigenvalue weighted by Gasteiger charge is -2.42. The van der Waals surface area contributed by atoms with Gasteiger partial charge in [0.2, 0.25) is 10.0 Å². The Labute approximate surface area is 277 Å². The summed E-state index contributed by atoms with van der Waals surface area (Å²) in [5, 5.41) is 15.2. The highest BCUT2D eigenvalue weighted by molar-refractivity contribution is 7.89. The van der Waals surface area contributed by atoms with Crippen LogP contribution in [0.3, 0.4) is 0 Å². The van der Waals surface area contributed by atoms with Gasteiger partial charge in [-0.05, 0) is 55.5 Å². The normalized spacial score (nSPS) is 14.9. The van der Waals surface area contributed by atoms with E-state index in [-0.39, 0.29) is 48.6 Å². The molecule has 0 spiro atoms. The molecule has 4 aromatic rings. The van der Waals surface area contributed by atoms with Crippen LogP contribution in [0.15, 0.2) is 94.7 Å². The van der Waals surface area contributed by atoms with Crippen LogP contribution in [-0.2, 0) is 26.8 Å². The third-order valence-corrected chi connectivity index (χ3v) is 10.0. The highest BCUT2D eigenvalue weighted by Crippen LogP contribution is 2.35. The molecule has 48 heavy (non-hydrogen) atoms. The smallest absolute Gasteiger partial charge is 0.346 e. The molecular weight excluding hydrogens is 636 g/mol. The molecule has 0 bridgehead atoms. The van der Waals surface area contributed by atoms with Crippen LogP contribution in [0.2, 0.25) is 0 Å². The number of carboxylic acids is 1. The monoisotopic (exact) mass is 672 g/mol. The summed E-state index contributed by atoms with van der Waals surface area (Å²) >= 11 is 0. The van der Waals surface area contributed by atoms with Crippen LogP contribution < -0.4 is 21.0 Å². The number of carbonyl (C=O) groups excluding carboxylic acids is 2. The van der Waals surface area contributed by atoms with Gasteiger partial charge < -0.3 is 25.6 Å². The summed E-state index contributed by atoms with van der Waals surface area (Å²) in [7, 11) is -3.92. The first kappa shape index (κ1) is 34.0. The Morgan fingerprint density at radius 3 is 2.15 bits per heavy atom. The van der Waals surface area contributed by atoms with Crippen LogP contribution in [0, 0.1) is 13.8 Å². The SMILES string of the molecule is Cc1cccc(C)c1C(=O)Nc1nc(=O)[nH]cc1CC(NC(=O)N1CCC(NS(=O)(=O)c2ccccc2)(c2ccccc2)CC1)C(=O)O. The Morgan fingerprint density at radius 1 is 0.938 bits per heavy atom. The zero-order valence-electron chi connectivity index (χ0n) is 26.4. The van der Waals surface area contributed by atoms with E-state index in [4.69, 9.17) is 0 Å². The molecule has 1 fully saturated rings. The van der Waals surface area contributed by atoms with Crippen molar-refractivity contribution in [1.29, 1.82) is 0 Å². The molecule has 0 radical (unpaired) electrons. The molecule has 0 saturated carbocycles. The molecule has 1 atom stereocenters. The topological polar surface area (TPSA) is 191 Å². The number of aliphatic carboxylic acids is 1. The Kier molecular flexibility index (Phi) is 10.1. The van der Waals surface area contributed by atoms with Gasteiger partial charge in [-0.2, -0.15) is 4.98 Å². The Bertz CT molecular complexity index is 1960. The second kappa shape index (κ2) is 14.2. The van der Waals surface area contributed by atoms with Crippen molar-refractivity contribution in [2.24, 2.45) is 0 Å². The number of likely N-dealkylation sites (tertiary alicyclic amines) is 1. The van der Waals surface area contributed by atoms with Gasteiger partial charge in [0.25, 0.3) is 5.91 Å². The van der Waals surface area contributed by atoms with Gasteiger partial charge in [-0.1, -0.05) is 66.7 Å². The Morgan fingerprint density at radius 2 is 1.54 bits per heavy atom. The second-order valence-electron chi connectivity index (χ2n) is 11.7. The highest BCUT2D eigenvalue weighted by atomic mass is 32.2. The van der Waals surface area contributed by atoms with E-state index in [9.17, 15) is 32.7 Å². The number of H-pyrrole nitrogens is 1. The number of hydrogen-bond donors (Lipinski definition) is 5. The van der Waals surface area contributed by atoms with E-state index in [1.165, 1.54) is 23.2 Å². The van der Waals surface area contributed by atoms with Gasteiger partial charge in [0.1, 0.15) is 11.9 Å². The molecule has 5 N–H and O–H groups in total. The molecule has 250 valence electrons. The number of nitrogens with zero attached hydrogens (tertiary/aromatic N) is 2. The minimum atomic E-state index is -3.92. The molecule has 1 saturated heterocycles. The summed E-state index contributed by atoms with van der Waals surface area (Å²) < 4.78 is 29.7. The van der Waals surface area contributed by atoms with Crippen molar-refractivity contribution < 1.29 is 27.9 Å². The highest BCUT2D eigenvalue weighted by Gasteiger charge is 2.41. The first-order valence-corrected chi connectivity index (χ1v) is 16.8. The number of carbonyl (C=O) groups is 3. The van der Waals surface area contributed by atoms with Crippen LogP contribution in [0.1, 0.15) is 45.5 Å². The number of nitrogens with one attached hydrogen (secondary N) is 4. The maximum absolute atomic E-state index is 13.4. The number of anilines is 1. The summed E-state index contributed by atoms with van der Waals surface area (Å²) in [6.45, 7) is 3.79. The van der Waals surface area contributed by atoms with Gasteiger partial charge in [0.05, 0.1) is 10.4 Å². The standard InChI is InChI=1S/C34H36N6O7S/c1-22-10-9-11-23(2)28(22)30(41)37-29-24(21-35-32(44)38-29)20-27(31(42)43)36-33(45)40-18-16-34(17-19-40,25-12-5-3-6-13-25)39-48(46,47)26-14-7-4-8-15-26/h3-15,21,27,39H,16-20H2,1-2H3,(H,36,45)(H,42,43)(H2,35,37,38,41,44). The molecule has 14 heteroatoms. The molecule has 13 nitrogen and oxygen atoms in total. The minimum Gasteiger partial charge on any atom is -0.480 e. The van der Waals surface area contributed by atoms with Gasteiger partial charge in [-0.3, -0.25) is 4.79 Å². The maximum Gasteiger partial charge on any atom is 0.346 e. The number of amides is 3. The van der Waals surface area contributed by atoms with Crippen molar-refractivity contribution >= 4 is 33.7 Å². The Hall–Kier alpha value is -5.34. The van der Waals surface area contributed by atoms with Crippen LogP contribution in [0.25, 0.3) is 0 Å². The van der Waals surface area contributed by atoms with Gasteiger partial charge in [-0.15, -0.1) is 0 Å². The van der Waals surface area contributed by atoms with Gasteiger partial charge in [0, 0.05) is 36.8 Å². The fraction of sp³-hybridized carbons (Fsp3) is 0.265. The molecule has 3 aromatic carbocycles. The summed E-state index contributed by atoms with van der Waals surface area (Å²) in [5.41, 5.74) is 0.998. The van der Waals surface area contributed by atoms with Crippen molar-refractivity contribution in [2.45, 2.75) is 49.6 Å². The predicted molar refractivity (Wildman–Crippen MR) is 178 cm³/mol.